The summed E-state index contributed by atoms with van der Waals surface area (Å²) in [5.74, 6) is 3.56. The SMILES string of the molecule is CC1=C(c2ccc(OCC3CO3)c(C)c2)CCC(C2CCC(c3ccc(OCC4CO4)c(C)c3)=C(C)C2)C1. The van der Waals surface area contributed by atoms with Gasteiger partial charge in [-0.1, -0.05) is 23.3 Å². The normalized spacial score (nSPS) is 26.9. The van der Waals surface area contributed by atoms with Crippen LogP contribution in [0.5, 0.6) is 11.5 Å². The molecule has 4 atom stereocenters. The van der Waals surface area contributed by atoms with Gasteiger partial charge in [0, 0.05) is 0 Å². The lowest BCUT2D eigenvalue weighted by atomic mass is 9.69. The van der Waals surface area contributed by atoms with Gasteiger partial charge in [-0.2, -0.15) is 0 Å². The fraction of sp³-hybridized carbons (Fsp3) is 0.529. The third-order valence-electron chi connectivity index (χ3n) is 9.06. The first-order valence-corrected chi connectivity index (χ1v) is 14.5. The molecule has 2 heterocycles. The van der Waals surface area contributed by atoms with Crippen LogP contribution in [0.15, 0.2) is 47.5 Å². The molecule has 4 aliphatic rings. The zero-order valence-corrected chi connectivity index (χ0v) is 23.5. The summed E-state index contributed by atoms with van der Waals surface area (Å²) in [7, 11) is 0. The van der Waals surface area contributed by atoms with Gasteiger partial charge >= 0.3 is 0 Å². The Kier molecular flexibility index (Phi) is 7.37. The fourth-order valence-electron chi connectivity index (χ4n) is 6.60. The minimum atomic E-state index is 0.292. The van der Waals surface area contributed by atoms with Gasteiger partial charge in [0.25, 0.3) is 0 Å². The van der Waals surface area contributed by atoms with E-state index in [4.69, 9.17) is 18.9 Å². The molecule has 0 saturated carbocycles. The lowest BCUT2D eigenvalue weighted by Gasteiger charge is -2.36. The summed E-state index contributed by atoms with van der Waals surface area (Å²) < 4.78 is 22.5. The van der Waals surface area contributed by atoms with Gasteiger partial charge in [0.05, 0.1) is 13.2 Å². The van der Waals surface area contributed by atoms with Crippen LogP contribution in [0.2, 0.25) is 0 Å². The van der Waals surface area contributed by atoms with Crippen LogP contribution in [0.25, 0.3) is 11.1 Å². The maximum Gasteiger partial charge on any atom is 0.122 e. The van der Waals surface area contributed by atoms with E-state index in [-0.39, 0.29) is 0 Å². The Balaban J connectivity index is 1.09. The molecule has 2 aromatic carbocycles. The number of benzene rings is 2. The molecule has 2 saturated heterocycles. The summed E-state index contributed by atoms with van der Waals surface area (Å²) in [4.78, 5) is 0. The lowest BCUT2D eigenvalue weighted by Crippen LogP contribution is -2.22. The monoisotopic (exact) mass is 514 g/mol. The third-order valence-corrected chi connectivity index (χ3v) is 9.06. The molecule has 4 nitrogen and oxygen atoms in total. The topological polar surface area (TPSA) is 43.5 Å². The molecule has 0 spiro atoms. The van der Waals surface area contributed by atoms with Crippen molar-refractivity contribution < 1.29 is 18.9 Å². The average molecular weight is 515 g/mol. The highest BCUT2D eigenvalue weighted by Gasteiger charge is 2.30. The second-order valence-electron chi connectivity index (χ2n) is 12.0. The van der Waals surface area contributed by atoms with E-state index in [1.165, 1.54) is 60.8 Å². The zero-order chi connectivity index (χ0) is 26.2. The van der Waals surface area contributed by atoms with Gasteiger partial charge in [-0.3, -0.25) is 0 Å². The molecule has 0 N–H and O–H groups in total. The van der Waals surface area contributed by atoms with Crippen LogP contribution < -0.4 is 9.47 Å². The molecule has 2 aliphatic heterocycles. The smallest absolute Gasteiger partial charge is 0.122 e. The number of allylic oxidation sites excluding steroid dienone is 4. The quantitative estimate of drug-likeness (QED) is 0.322. The maximum atomic E-state index is 5.95. The number of epoxide rings is 2. The Hall–Kier alpha value is -2.56. The standard InChI is InChI=1S/C34H42O4/c1-21-13-25(5-9-31(21)27-7-11-33(23(3)15-27)37-19-29-17-35-29)26-6-10-32(22(2)14-26)28-8-12-34(24(4)16-28)38-20-30-18-36-30/h7-8,11-12,15-16,25-26,29-30H,5-6,9-10,13-14,17-20H2,1-4H3. The number of hydrogen-bond acceptors (Lipinski definition) is 4. The van der Waals surface area contributed by atoms with E-state index in [0.29, 0.717) is 25.4 Å². The van der Waals surface area contributed by atoms with E-state index in [1.54, 1.807) is 22.3 Å². The Morgan fingerprint density at radius 1 is 0.658 bits per heavy atom. The Morgan fingerprint density at radius 2 is 1.08 bits per heavy atom. The number of ether oxygens (including phenoxy) is 4. The van der Waals surface area contributed by atoms with Crippen LogP contribution in [-0.2, 0) is 9.47 Å². The summed E-state index contributed by atoms with van der Waals surface area (Å²) in [6, 6.07) is 13.5. The summed E-state index contributed by atoms with van der Waals surface area (Å²) in [5, 5.41) is 0. The van der Waals surface area contributed by atoms with Crippen molar-refractivity contribution in [1.82, 2.24) is 0 Å². The van der Waals surface area contributed by atoms with E-state index < -0.39 is 0 Å². The van der Waals surface area contributed by atoms with Gasteiger partial charge < -0.3 is 18.9 Å². The molecule has 0 amide bonds. The molecule has 0 radical (unpaired) electrons. The molecule has 2 aliphatic carbocycles. The van der Waals surface area contributed by atoms with Crippen LogP contribution in [0, 0.1) is 25.7 Å². The van der Waals surface area contributed by atoms with Crippen molar-refractivity contribution >= 4 is 11.1 Å². The van der Waals surface area contributed by atoms with Gasteiger partial charge in [-0.25, -0.2) is 0 Å². The van der Waals surface area contributed by atoms with E-state index >= 15 is 0 Å². The van der Waals surface area contributed by atoms with E-state index in [1.807, 2.05) is 0 Å². The highest BCUT2D eigenvalue weighted by molar-refractivity contribution is 5.71. The molecule has 2 aromatic rings. The Morgan fingerprint density at radius 3 is 1.42 bits per heavy atom. The third kappa shape index (κ3) is 5.87. The summed E-state index contributed by atoms with van der Waals surface area (Å²) in [6.45, 7) is 12.0. The van der Waals surface area contributed by atoms with Crippen LogP contribution in [-0.4, -0.2) is 38.6 Å². The van der Waals surface area contributed by atoms with Gasteiger partial charge in [-0.05, 0) is 136 Å². The fourth-order valence-corrected chi connectivity index (χ4v) is 6.60. The maximum absolute atomic E-state index is 5.95. The highest BCUT2D eigenvalue weighted by atomic mass is 16.6. The highest BCUT2D eigenvalue weighted by Crippen LogP contribution is 2.46. The van der Waals surface area contributed by atoms with Crippen LogP contribution in [0.1, 0.15) is 74.6 Å². The van der Waals surface area contributed by atoms with Gasteiger partial charge in [0.2, 0.25) is 0 Å². The van der Waals surface area contributed by atoms with Crippen LogP contribution in [0.3, 0.4) is 0 Å². The molecule has 0 bridgehead atoms. The van der Waals surface area contributed by atoms with E-state index in [2.05, 4.69) is 64.1 Å². The first kappa shape index (κ1) is 25.7. The average Bonchev–Trinajstić information content (AvgIpc) is 3.83. The van der Waals surface area contributed by atoms with Crippen molar-refractivity contribution in [1.29, 1.82) is 0 Å². The molecule has 38 heavy (non-hydrogen) atoms. The number of hydrogen-bond donors (Lipinski definition) is 0. The molecule has 6 rings (SSSR count). The molecule has 0 aromatic heterocycles. The summed E-state index contributed by atoms with van der Waals surface area (Å²) in [6.07, 6.45) is 8.01. The van der Waals surface area contributed by atoms with Crippen LogP contribution >= 0.6 is 0 Å². The summed E-state index contributed by atoms with van der Waals surface area (Å²) >= 11 is 0. The molecule has 4 heteroatoms. The van der Waals surface area contributed by atoms with E-state index in [9.17, 15) is 0 Å². The van der Waals surface area contributed by atoms with Gasteiger partial charge in [0.1, 0.15) is 36.9 Å². The molecule has 2 fully saturated rings. The van der Waals surface area contributed by atoms with Gasteiger partial charge in [0.15, 0.2) is 0 Å². The number of rotatable bonds is 9. The van der Waals surface area contributed by atoms with Crippen molar-refractivity contribution in [2.45, 2.75) is 78.4 Å². The molecule has 4 unspecified atom stereocenters. The van der Waals surface area contributed by atoms with Crippen molar-refractivity contribution in [3.63, 3.8) is 0 Å². The van der Waals surface area contributed by atoms with Crippen molar-refractivity contribution in [3.8, 4) is 11.5 Å². The van der Waals surface area contributed by atoms with Gasteiger partial charge in [-0.15, -0.1) is 0 Å². The Labute approximate surface area is 228 Å². The minimum absolute atomic E-state index is 0.292. The first-order valence-electron chi connectivity index (χ1n) is 14.5. The molecule has 202 valence electrons. The predicted octanol–water partition coefficient (Wildman–Crippen LogP) is 7.71. The second kappa shape index (κ2) is 10.9. The Bertz CT molecular complexity index is 1150. The van der Waals surface area contributed by atoms with Crippen molar-refractivity contribution in [2.24, 2.45) is 11.8 Å². The van der Waals surface area contributed by atoms with E-state index in [0.717, 1.165) is 36.5 Å². The number of aryl methyl sites for hydroxylation is 2. The van der Waals surface area contributed by atoms with Crippen molar-refractivity contribution in [2.75, 3.05) is 26.4 Å². The largest absolute Gasteiger partial charge is 0.491 e. The lowest BCUT2D eigenvalue weighted by molar-refractivity contribution is 0.261. The zero-order valence-electron chi connectivity index (χ0n) is 23.5. The summed E-state index contributed by atoms with van der Waals surface area (Å²) in [5.41, 5.74) is 11.5. The first-order chi connectivity index (χ1) is 18.4. The molecular formula is C34H42O4. The van der Waals surface area contributed by atoms with Crippen LogP contribution in [0.4, 0.5) is 0 Å². The minimum Gasteiger partial charge on any atom is -0.491 e. The molecular weight excluding hydrogens is 472 g/mol. The second-order valence-corrected chi connectivity index (χ2v) is 12.0. The predicted molar refractivity (Wildman–Crippen MR) is 153 cm³/mol. The van der Waals surface area contributed by atoms with Crippen molar-refractivity contribution in [3.05, 3.63) is 69.8 Å².